The Kier molecular flexibility index (Phi) is 4.75. The van der Waals surface area contributed by atoms with E-state index in [-0.39, 0.29) is 16.9 Å². The molecule has 0 amide bonds. The highest BCUT2D eigenvalue weighted by molar-refractivity contribution is 7.13. The minimum atomic E-state index is -0.943. The van der Waals surface area contributed by atoms with Crippen LogP contribution >= 0.6 is 11.3 Å². The molecule has 0 bridgehead atoms. The lowest BCUT2D eigenvalue weighted by Crippen LogP contribution is -2.10. The third-order valence-electron chi connectivity index (χ3n) is 2.88. The summed E-state index contributed by atoms with van der Waals surface area (Å²) in [5, 5.41) is 10.1. The second-order valence-corrected chi connectivity index (χ2v) is 6.83. The van der Waals surface area contributed by atoms with Gasteiger partial charge in [-0.1, -0.05) is 51.1 Å². The first-order chi connectivity index (χ1) is 9.88. The summed E-state index contributed by atoms with van der Waals surface area (Å²) in [6.45, 7) is 6.72. The highest BCUT2D eigenvalue weighted by Gasteiger charge is 2.24. The summed E-state index contributed by atoms with van der Waals surface area (Å²) in [5.41, 5.74) is 1.40. The maximum absolute atomic E-state index is 11.3. The number of carbonyl (C=O) groups is 1. The molecule has 4 nitrogen and oxygen atoms in total. The van der Waals surface area contributed by atoms with Gasteiger partial charge in [-0.25, -0.2) is 9.78 Å². The van der Waals surface area contributed by atoms with Crippen molar-refractivity contribution < 1.29 is 14.6 Å². The molecule has 0 aliphatic heterocycles. The Bertz CT molecular complexity index is 614. The summed E-state index contributed by atoms with van der Waals surface area (Å²) in [6, 6.07) is 9.78. The predicted octanol–water partition coefficient (Wildman–Crippen LogP) is 3.86. The Morgan fingerprint density at radius 1 is 1.24 bits per heavy atom. The van der Waals surface area contributed by atoms with Crippen LogP contribution in [-0.4, -0.2) is 16.1 Å². The van der Waals surface area contributed by atoms with E-state index in [9.17, 15) is 9.90 Å². The summed E-state index contributed by atoms with van der Waals surface area (Å²) < 4.78 is 5.60. The summed E-state index contributed by atoms with van der Waals surface area (Å²) in [4.78, 5) is 16.0. The van der Waals surface area contributed by atoms with Crippen molar-refractivity contribution >= 4 is 17.3 Å². The second-order valence-electron chi connectivity index (χ2n) is 5.83. The van der Waals surface area contributed by atoms with Crippen LogP contribution in [0.5, 0.6) is 0 Å². The predicted molar refractivity (Wildman–Crippen MR) is 82.7 cm³/mol. The fourth-order valence-electron chi connectivity index (χ4n) is 1.78. The van der Waals surface area contributed by atoms with Crippen molar-refractivity contribution in [1.29, 1.82) is 0 Å². The number of aromatic nitrogens is 1. The molecular formula is C16H19NO3S. The van der Waals surface area contributed by atoms with E-state index >= 15 is 0 Å². The number of nitrogens with zero attached hydrogens (tertiary/aromatic N) is 1. The number of aromatic carboxylic acids is 1. The maximum Gasteiger partial charge on any atom is 0.347 e. The van der Waals surface area contributed by atoms with Gasteiger partial charge in [-0.15, -0.1) is 11.3 Å². The van der Waals surface area contributed by atoms with Gasteiger partial charge in [0.25, 0.3) is 0 Å². The van der Waals surface area contributed by atoms with Crippen LogP contribution in [0.3, 0.4) is 0 Å². The third-order valence-corrected chi connectivity index (χ3v) is 4.39. The van der Waals surface area contributed by atoms with Crippen molar-refractivity contribution in [2.75, 3.05) is 0 Å². The molecule has 2 aromatic rings. The number of benzene rings is 1. The number of hydrogen-bond acceptors (Lipinski definition) is 4. The molecule has 0 aliphatic carbocycles. The molecule has 1 aromatic carbocycles. The molecule has 1 aromatic heterocycles. The van der Waals surface area contributed by atoms with Gasteiger partial charge in [-0.3, -0.25) is 0 Å². The molecule has 0 fully saturated rings. The molecular weight excluding hydrogens is 286 g/mol. The van der Waals surface area contributed by atoms with Crippen LogP contribution in [0.1, 0.15) is 46.7 Å². The van der Waals surface area contributed by atoms with E-state index in [4.69, 9.17) is 4.74 Å². The number of carboxylic acid groups (broad SMARTS) is 1. The van der Waals surface area contributed by atoms with Crippen molar-refractivity contribution in [3.8, 4) is 0 Å². The molecule has 5 heteroatoms. The molecule has 0 aliphatic rings. The fourth-order valence-corrected chi connectivity index (χ4v) is 2.74. The average molecular weight is 305 g/mol. The molecule has 21 heavy (non-hydrogen) atoms. The topological polar surface area (TPSA) is 59.4 Å². The van der Waals surface area contributed by atoms with Crippen LogP contribution < -0.4 is 0 Å². The van der Waals surface area contributed by atoms with E-state index in [0.717, 1.165) is 10.6 Å². The molecule has 0 atom stereocenters. The van der Waals surface area contributed by atoms with Gasteiger partial charge >= 0.3 is 5.97 Å². The van der Waals surface area contributed by atoms with Crippen LogP contribution in [0.25, 0.3) is 0 Å². The SMILES string of the molecule is CC(C)(C)c1nc(COCc2ccccc2)c(C(=O)O)s1. The number of ether oxygens (including phenoxy) is 1. The Morgan fingerprint density at radius 2 is 1.90 bits per heavy atom. The number of thiazole rings is 1. The third kappa shape index (κ3) is 4.12. The van der Waals surface area contributed by atoms with E-state index in [1.54, 1.807) is 0 Å². The van der Waals surface area contributed by atoms with Crippen molar-refractivity contribution in [1.82, 2.24) is 4.98 Å². The quantitative estimate of drug-likeness (QED) is 0.911. The van der Waals surface area contributed by atoms with E-state index < -0.39 is 5.97 Å². The largest absolute Gasteiger partial charge is 0.477 e. The van der Waals surface area contributed by atoms with E-state index in [1.165, 1.54) is 11.3 Å². The van der Waals surface area contributed by atoms with Gasteiger partial charge in [0.1, 0.15) is 4.88 Å². The lowest BCUT2D eigenvalue weighted by Gasteiger charge is -2.13. The van der Waals surface area contributed by atoms with Gasteiger partial charge in [-0.2, -0.15) is 0 Å². The van der Waals surface area contributed by atoms with Crippen LogP contribution in [0, 0.1) is 0 Å². The van der Waals surface area contributed by atoms with Gasteiger partial charge in [0.2, 0.25) is 0 Å². The van der Waals surface area contributed by atoms with Crippen LogP contribution in [0.15, 0.2) is 30.3 Å². The number of hydrogen-bond donors (Lipinski definition) is 1. The lowest BCUT2D eigenvalue weighted by molar-refractivity contribution is 0.0688. The lowest BCUT2D eigenvalue weighted by atomic mass is 9.98. The molecule has 112 valence electrons. The minimum Gasteiger partial charge on any atom is -0.477 e. The van der Waals surface area contributed by atoms with E-state index in [0.29, 0.717) is 12.3 Å². The van der Waals surface area contributed by atoms with Gasteiger partial charge < -0.3 is 9.84 Å². The van der Waals surface area contributed by atoms with Crippen LogP contribution in [0.4, 0.5) is 0 Å². The highest BCUT2D eigenvalue weighted by atomic mass is 32.1. The summed E-state index contributed by atoms with van der Waals surface area (Å²) in [7, 11) is 0. The molecule has 1 heterocycles. The summed E-state index contributed by atoms with van der Waals surface area (Å²) in [5.74, 6) is -0.943. The standard InChI is InChI=1S/C16H19NO3S/c1-16(2,3)15-17-12(13(21-15)14(18)19)10-20-9-11-7-5-4-6-8-11/h4-8H,9-10H2,1-3H3,(H,18,19). The highest BCUT2D eigenvalue weighted by Crippen LogP contribution is 2.29. The molecule has 0 radical (unpaired) electrons. The first-order valence-corrected chi connectivity index (χ1v) is 7.54. The van der Waals surface area contributed by atoms with Gasteiger partial charge in [-0.05, 0) is 5.56 Å². The van der Waals surface area contributed by atoms with Crippen LogP contribution in [-0.2, 0) is 23.4 Å². The summed E-state index contributed by atoms with van der Waals surface area (Å²) >= 11 is 1.23. The van der Waals surface area contributed by atoms with Crippen molar-refractivity contribution in [2.45, 2.75) is 39.4 Å². The zero-order chi connectivity index (χ0) is 15.5. The molecule has 1 N–H and O–H groups in total. The zero-order valence-electron chi connectivity index (χ0n) is 12.4. The molecule has 0 saturated carbocycles. The molecule has 0 saturated heterocycles. The average Bonchev–Trinajstić information content (AvgIpc) is 2.84. The Balaban J connectivity index is 2.08. The van der Waals surface area contributed by atoms with Gasteiger partial charge in [0.15, 0.2) is 0 Å². The fraction of sp³-hybridized carbons (Fsp3) is 0.375. The minimum absolute atomic E-state index is 0.160. The van der Waals surface area contributed by atoms with Crippen molar-refractivity contribution in [2.24, 2.45) is 0 Å². The van der Waals surface area contributed by atoms with Crippen LogP contribution in [0.2, 0.25) is 0 Å². The van der Waals surface area contributed by atoms with Gasteiger partial charge in [0.05, 0.1) is 23.9 Å². The monoisotopic (exact) mass is 305 g/mol. The smallest absolute Gasteiger partial charge is 0.347 e. The van der Waals surface area contributed by atoms with Crippen molar-refractivity contribution in [3.63, 3.8) is 0 Å². The number of rotatable bonds is 5. The zero-order valence-corrected chi connectivity index (χ0v) is 13.2. The van der Waals surface area contributed by atoms with E-state index in [2.05, 4.69) is 4.98 Å². The maximum atomic E-state index is 11.3. The van der Waals surface area contributed by atoms with E-state index in [1.807, 2.05) is 51.1 Å². The number of carboxylic acids is 1. The first kappa shape index (κ1) is 15.7. The Hall–Kier alpha value is -1.72. The summed E-state index contributed by atoms with van der Waals surface area (Å²) in [6.07, 6.45) is 0. The second kappa shape index (κ2) is 6.37. The van der Waals surface area contributed by atoms with Crippen molar-refractivity contribution in [3.05, 3.63) is 51.5 Å². The van der Waals surface area contributed by atoms with Gasteiger partial charge in [0, 0.05) is 5.41 Å². The normalized spacial score (nSPS) is 11.6. The Labute approximate surface area is 128 Å². The Morgan fingerprint density at radius 3 is 2.48 bits per heavy atom. The molecule has 0 unspecified atom stereocenters. The molecule has 2 rings (SSSR count). The first-order valence-electron chi connectivity index (χ1n) is 6.73. The molecule has 0 spiro atoms.